The standard InChI is InChI=1S/C19H14ClN3O2/c1-11-6-7-16-12(8-11)9-17(25-16)19(24)23-21-10-14-13-4-2-3-5-15(13)22-18(14)20/h2-10,22H,1H3,(H,23,24)/b21-10+. The fourth-order valence-electron chi connectivity index (χ4n) is 2.74. The predicted molar refractivity (Wildman–Crippen MR) is 99.3 cm³/mol. The number of carbonyl (C=O) groups is 1. The lowest BCUT2D eigenvalue weighted by molar-refractivity contribution is 0.0929. The van der Waals surface area contributed by atoms with Crippen LogP contribution in [0.3, 0.4) is 0 Å². The van der Waals surface area contributed by atoms with Crippen molar-refractivity contribution >= 4 is 45.6 Å². The third kappa shape index (κ3) is 2.90. The van der Waals surface area contributed by atoms with Gasteiger partial charge in [0.1, 0.15) is 10.7 Å². The Morgan fingerprint density at radius 2 is 2.08 bits per heavy atom. The molecule has 1 amide bonds. The van der Waals surface area contributed by atoms with Crippen molar-refractivity contribution in [2.24, 2.45) is 5.10 Å². The molecule has 0 atom stereocenters. The summed E-state index contributed by atoms with van der Waals surface area (Å²) in [5.41, 5.74) is 5.87. The molecule has 2 N–H and O–H groups in total. The van der Waals surface area contributed by atoms with Crippen LogP contribution in [-0.2, 0) is 0 Å². The maximum absolute atomic E-state index is 12.2. The minimum Gasteiger partial charge on any atom is -0.451 e. The summed E-state index contributed by atoms with van der Waals surface area (Å²) in [6.07, 6.45) is 1.52. The fraction of sp³-hybridized carbons (Fsp3) is 0.0526. The van der Waals surface area contributed by atoms with Crippen LogP contribution in [0.4, 0.5) is 0 Å². The summed E-state index contributed by atoms with van der Waals surface area (Å²) in [6, 6.07) is 15.1. The van der Waals surface area contributed by atoms with E-state index in [1.165, 1.54) is 6.21 Å². The number of hydrogen-bond donors (Lipinski definition) is 2. The number of nitrogens with zero attached hydrogens (tertiary/aromatic N) is 1. The molecule has 124 valence electrons. The number of amides is 1. The second-order valence-corrected chi connectivity index (χ2v) is 6.13. The zero-order valence-electron chi connectivity index (χ0n) is 13.3. The number of carbonyl (C=O) groups excluding carboxylic acids is 1. The Hall–Kier alpha value is -3.05. The molecule has 6 heteroatoms. The summed E-state index contributed by atoms with van der Waals surface area (Å²) in [5, 5.41) is 6.29. The summed E-state index contributed by atoms with van der Waals surface area (Å²) >= 11 is 6.19. The number of aromatic nitrogens is 1. The molecular weight excluding hydrogens is 338 g/mol. The van der Waals surface area contributed by atoms with Gasteiger partial charge in [-0.25, -0.2) is 5.43 Å². The zero-order chi connectivity index (χ0) is 17.4. The van der Waals surface area contributed by atoms with Crippen LogP contribution in [0.15, 0.2) is 58.0 Å². The number of halogens is 1. The average Bonchev–Trinajstić information content (AvgIpc) is 3.15. The van der Waals surface area contributed by atoms with Crippen LogP contribution in [0.2, 0.25) is 5.15 Å². The highest BCUT2D eigenvalue weighted by molar-refractivity contribution is 6.34. The van der Waals surface area contributed by atoms with Gasteiger partial charge < -0.3 is 9.40 Å². The predicted octanol–water partition coefficient (Wildman–Crippen LogP) is 4.64. The molecule has 0 unspecified atom stereocenters. The van der Waals surface area contributed by atoms with Crippen molar-refractivity contribution < 1.29 is 9.21 Å². The van der Waals surface area contributed by atoms with Crippen LogP contribution in [-0.4, -0.2) is 17.1 Å². The van der Waals surface area contributed by atoms with E-state index < -0.39 is 5.91 Å². The summed E-state index contributed by atoms with van der Waals surface area (Å²) in [5.74, 6) is -0.205. The number of aromatic amines is 1. The van der Waals surface area contributed by atoms with Gasteiger partial charge in [0.05, 0.1) is 6.21 Å². The van der Waals surface area contributed by atoms with Crippen LogP contribution in [0, 0.1) is 6.92 Å². The summed E-state index contributed by atoms with van der Waals surface area (Å²) < 4.78 is 5.55. The molecule has 0 fully saturated rings. The van der Waals surface area contributed by atoms with Gasteiger partial charge in [0.15, 0.2) is 5.76 Å². The van der Waals surface area contributed by atoms with Crippen LogP contribution < -0.4 is 5.43 Å². The Balaban J connectivity index is 1.56. The fourth-order valence-corrected chi connectivity index (χ4v) is 2.99. The summed E-state index contributed by atoms with van der Waals surface area (Å²) in [4.78, 5) is 15.3. The SMILES string of the molecule is Cc1ccc2oc(C(=O)N/N=C/c3c(Cl)[nH]c4ccccc34)cc2c1. The molecule has 4 aromatic rings. The normalized spacial score (nSPS) is 11.6. The van der Waals surface area contributed by atoms with Gasteiger partial charge in [-0.05, 0) is 31.2 Å². The lowest BCUT2D eigenvalue weighted by Gasteiger charge is -1.95. The Kier molecular flexibility index (Phi) is 3.78. The average molecular weight is 352 g/mol. The third-order valence-corrected chi connectivity index (χ3v) is 4.25. The number of hydrazone groups is 1. The first kappa shape index (κ1) is 15.5. The van der Waals surface area contributed by atoms with E-state index in [9.17, 15) is 4.79 Å². The van der Waals surface area contributed by atoms with E-state index in [0.717, 1.165) is 27.4 Å². The molecule has 25 heavy (non-hydrogen) atoms. The van der Waals surface area contributed by atoms with Crippen LogP contribution in [0.25, 0.3) is 21.9 Å². The molecule has 2 aromatic heterocycles. The van der Waals surface area contributed by atoms with Crippen LogP contribution in [0.5, 0.6) is 0 Å². The van der Waals surface area contributed by atoms with Crippen molar-refractivity contribution in [2.75, 3.05) is 0 Å². The Morgan fingerprint density at radius 3 is 2.96 bits per heavy atom. The van der Waals surface area contributed by atoms with Crippen molar-refractivity contribution in [1.29, 1.82) is 0 Å². The molecule has 0 radical (unpaired) electrons. The van der Waals surface area contributed by atoms with Gasteiger partial charge in [0.25, 0.3) is 0 Å². The van der Waals surface area contributed by atoms with E-state index >= 15 is 0 Å². The van der Waals surface area contributed by atoms with Gasteiger partial charge in [-0.15, -0.1) is 0 Å². The maximum atomic E-state index is 12.2. The highest BCUT2D eigenvalue weighted by Crippen LogP contribution is 2.24. The molecule has 2 aromatic carbocycles. The number of H-pyrrole nitrogens is 1. The summed E-state index contributed by atoms with van der Waals surface area (Å²) in [6.45, 7) is 1.99. The summed E-state index contributed by atoms with van der Waals surface area (Å²) in [7, 11) is 0. The first-order valence-corrected chi connectivity index (χ1v) is 8.09. The smallest absolute Gasteiger partial charge is 0.307 e. The number of furan rings is 1. The molecule has 0 aliphatic heterocycles. The molecule has 0 bridgehead atoms. The quantitative estimate of drug-likeness (QED) is 0.417. The van der Waals surface area contributed by atoms with Crippen LogP contribution in [0.1, 0.15) is 21.7 Å². The maximum Gasteiger partial charge on any atom is 0.307 e. The Bertz CT molecular complexity index is 1120. The van der Waals surface area contributed by atoms with Gasteiger partial charge in [0, 0.05) is 21.9 Å². The third-order valence-electron chi connectivity index (χ3n) is 3.95. The Labute approximate surface area is 148 Å². The molecular formula is C19H14ClN3O2. The van der Waals surface area contributed by atoms with Gasteiger partial charge in [-0.2, -0.15) is 5.10 Å². The minimum atomic E-state index is -0.416. The number of fused-ring (bicyclic) bond motifs is 2. The lowest BCUT2D eigenvalue weighted by atomic mass is 10.2. The molecule has 0 saturated heterocycles. The van der Waals surface area contributed by atoms with E-state index in [1.54, 1.807) is 6.07 Å². The van der Waals surface area contributed by atoms with Gasteiger partial charge in [-0.3, -0.25) is 4.79 Å². The topological polar surface area (TPSA) is 70.4 Å². The first-order valence-electron chi connectivity index (χ1n) is 7.71. The van der Waals surface area contributed by atoms with Gasteiger partial charge in [-0.1, -0.05) is 41.4 Å². The number of benzene rings is 2. The highest BCUT2D eigenvalue weighted by atomic mass is 35.5. The van der Waals surface area contributed by atoms with E-state index in [4.69, 9.17) is 16.0 Å². The molecule has 0 aliphatic rings. The molecule has 0 aliphatic carbocycles. The molecule has 2 heterocycles. The molecule has 0 spiro atoms. The van der Waals surface area contributed by atoms with Gasteiger partial charge >= 0.3 is 5.91 Å². The molecule has 4 rings (SSSR count). The first-order chi connectivity index (χ1) is 12.1. The van der Waals surface area contributed by atoms with Gasteiger partial charge in [0.2, 0.25) is 0 Å². The van der Waals surface area contributed by atoms with E-state index in [2.05, 4.69) is 15.5 Å². The van der Waals surface area contributed by atoms with Crippen molar-refractivity contribution in [3.8, 4) is 0 Å². The largest absolute Gasteiger partial charge is 0.451 e. The van der Waals surface area contributed by atoms with Crippen molar-refractivity contribution in [2.45, 2.75) is 6.92 Å². The number of nitrogens with one attached hydrogen (secondary N) is 2. The van der Waals surface area contributed by atoms with Crippen LogP contribution >= 0.6 is 11.6 Å². The molecule has 5 nitrogen and oxygen atoms in total. The zero-order valence-corrected chi connectivity index (χ0v) is 14.1. The van der Waals surface area contributed by atoms with Crippen molar-refractivity contribution in [1.82, 2.24) is 10.4 Å². The van der Waals surface area contributed by atoms with E-state index in [-0.39, 0.29) is 5.76 Å². The molecule has 0 saturated carbocycles. The second-order valence-electron chi connectivity index (χ2n) is 5.75. The Morgan fingerprint density at radius 1 is 1.24 bits per heavy atom. The van der Waals surface area contributed by atoms with E-state index in [1.807, 2.05) is 49.4 Å². The van der Waals surface area contributed by atoms with Crippen molar-refractivity contribution in [3.63, 3.8) is 0 Å². The second kappa shape index (κ2) is 6.11. The highest BCUT2D eigenvalue weighted by Gasteiger charge is 2.12. The monoisotopic (exact) mass is 351 g/mol. The van der Waals surface area contributed by atoms with E-state index in [0.29, 0.717) is 10.7 Å². The number of para-hydroxylation sites is 1. The number of rotatable bonds is 3. The number of aryl methyl sites for hydroxylation is 1. The lowest BCUT2D eigenvalue weighted by Crippen LogP contribution is -2.16. The van der Waals surface area contributed by atoms with Crippen molar-refractivity contribution in [3.05, 3.63) is 70.6 Å². The number of hydrogen-bond acceptors (Lipinski definition) is 3. The minimum absolute atomic E-state index is 0.211.